The van der Waals surface area contributed by atoms with Gasteiger partial charge in [-0.05, 0) is 66.7 Å². The molecule has 0 bridgehead atoms. The summed E-state index contributed by atoms with van der Waals surface area (Å²) in [5, 5.41) is 9.66. The van der Waals surface area contributed by atoms with Gasteiger partial charge in [-0.15, -0.1) is 0 Å². The van der Waals surface area contributed by atoms with E-state index < -0.39 is 12.1 Å². The van der Waals surface area contributed by atoms with E-state index in [4.69, 9.17) is 19.3 Å². The minimum absolute atomic E-state index is 0.155. The van der Waals surface area contributed by atoms with Crippen molar-refractivity contribution in [2.75, 3.05) is 45.4 Å². The lowest BCUT2D eigenvalue weighted by atomic mass is 10.2. The molecule has 0 radical (unpaired) electrons. The lowest BCUT2D eigenvalue weighted by molar-refractivity contribution is -0.144. The maximum atomic E-state index is 12.8. The van der Waals surface area contributed by atoms with Gasteiger partial charge in [0.1, 0.15) is 0 Å². The van der Waals surface area contributed by atoms with Gasteiger partial charge in [0.25, 0.3) is 5.91 Å². The van der Waals surface area contributed by atoms with Gasteiger partial charge in [0, 0.05) is 25.8 Å². The van der Waals surface area contributed by atoms with Gasteiger partial charge < -0.3 is 24.2 Å². The van der Waals surface area contributed by atoms with Crippen molar-refractivity contribution >= 4 is 46.3 Å². The van der Waals surface area contributed by atoms with E-state index in [1.807, 2.05) is 24.3 Å². The minimum Gasteiger partial charge on any atom is -0.493 e. The highest BCUT2D eigenvalue weighted by atomic mass is 32.2. The average Bonchev–Trinajstić information content (AvgIpc) is 3.13. The molecule has 2 fully saturated rings. The van der Waals surface area contributed by atoms with Crippen LogP contribution in [0.25, 0.3) is 6.08 Å². The summed E-state index contributed by atoms with van der Waals surface area (Å²) in [7, 11) is 3.17. The zero-order valence-corrected chi connectivity index (χ0v) is 20.6. The van der Waals surface area contributed by atoms with Gasteiger partial charge in [-0.2, -0.15) is 0 Å². The van der Waals surface area contributed by atoms with Gasteiger partial charge in [0.2, 0.25) is 0 Å². The number of thioether (sulfide) groups is 1. The molecule has 0 saturated carbocycles. The summed E-state index contributed by atoms with van der Waals surface area (Å²) < 4.78 is 16.2. The molecule has 2 aromatic carbocycles. The number of likely N-dealkylation sites (N-methyl/N-ethyl adjacent to an activating group) is 1. The number of benzene rings is 2. The van der Waals surface area contributed by atoms with Crippen molar-refractivity contribution in [3.8, 4) is 11.5 Å². The Bertz CT molecular complexity index is 1160. The van der Waals surface area contributed by atoms with E-state index in [0.29, 0.717) is 21.6 Å². The molecule has 184 valence electrons. The summed E-state index contributed by atoms with van der Waals surface area (Å²) in [6, 6.07) is 13.0. The minimum atomic E-state index is -1.07. The Morgan fingerprint density at radius 3 is 2.54 bits per heavy atom. The number of nitrogens with zero attached hydrogens (tertiary/aromatic N) is 3. The van der Waals surface area contributed by atoms with Gasteiger partial charge in [0.05, 0.1) is 30.9 Å². The number of hydrogen-bond donors (Lipinski definition) is 1. The number of morpholine rings is 1. The fourth-order valence-electron chi connectivity index (χ4n) is 3.59. The number of hydrogen-bond acceptors (Lipinski definition) is 8. The van der Waals surface area contributed by atoms with Crippen molar-refractivity contribution in [2.45, 2.75) is 13.0 Å². The third kappa shape index (κ3) is 5.77. The molecule has 2 aliphatic heterocycles. The highest BCUT2D eigenvalue weighted by molar-refractivity contribution is 8.18. The lowest BCUT2D eigenvalue weighted by Gasteiger charge is -2.28. The normalized spacial score (nSPS) is 19.3. The fourth-order valence-corrected chi connectivity index (χ4v) is 4.57. The number of aliphatic imine (C=N–C) groups is 1. The number of amidine groups is 1. The number of carboxylic acids is 1. The second-order valence-corrected chi connectivity index (χ2v) is 9.00. The predicted octanol–water partition coefficient (Wildman–Crippen LogP) is 3.62. The number of carbonyl (C=O) groups is 2. The Labute approximate surface area is 208 Å². The second-order valence-electron chi connectivity index (χ2n) is 7.99. The van der Waals surface area contributed by atoms with E-state index in [2.05, 4.69) is 9.89 Å². The number of aliphatic carboxylic acids is 1. The van der Waals surface area contributed by atoms with Crippen LogP contribution in [0.1, 0.15) is 12.5 Å². The summed E-state index contributed by atoms with van der Waals surface area (Å²) in [5.74, 6) is -0.533. The highest BCUT2D eigenvalue weighted by Gasteiger charge is 2.30. The van der Waals surface area contributed by atoms with E-state index in [1.165, 1.54) is 30.7 Å². The molecule has 2 saturated heterocycles. The predicted molar refractivity (Wildman–Crippen MR) is 136 cm³/mol. The molecule has 2 heterocycles. The number of amides is 1. The summed E-state index contributed by atoms with van der Waals surface area (Å²) in [6.07, 6.45) is 0.732. The Morgan fingerprint density at radius 1 is 1.17 bits per heavy atom. The molecule has 1 N–H and O–H groups in total. The lowest BCUT2D eigenvalue weighted by Crippen LogP contribution is -2.36. The molecule has 0 aliphatic carbocycles. The zero-order chi connectivity index (χ0) is 24.9. The van der Waals surface area contributed by atoms with E-state index in [-0.39, 0.29) is 5.91 Å². The molecule has 9 nitrogen and oxygen atoms in total. The molecule has 4 rings (SSSR count). The molecule has 0 aromatic heterocycles. The Morgan fingerprint density at radius 2 is 1.89 bits per heavy atom. The van der Waals surface area contributed by atoms with Crippen LogP contribution < -0.4 is 14.4 Å². The van der Waals surface area contributed by atoms with Crippen LogP contribution in [0.4, 0.5) is 11.4 Å². The Balaban J connectivity index is 1.50. The third-order valence-corrected chi connectivity index (χ3v) is 6.65. The van der Waals surface area contributed by atoms with Crippen LogP contribution in [-0.2, 0) is 14.3 Å². The first-order valence-corrected chi connectivity index (χ1v) is 11.9. The molecule has 2 aromatic rings. The Hall–Kier alpha value is -3.50. The molecule has 1 atom stereocenters. The molecule has 0 spiro atoms. The summed E-state index contributed by atoms with van der Waals surface area (Å²) >= 11 is 1.29. The highest BCUT2D eigenvalue weighted by Crippen LogP contribution is 2.35. The molecule has 10 heteroatoms. The Kier molecular flexibility index (Phi) is 7.62. The smallest absolute Gasteiger partial charge is 0.344 e. The van der Waals surface area contributed by atoms with E-state index in [1.54, 1.807) is 31.3 Å². The molecule has 0 unspecified atom stereocenters. The number of carbonyl (C=O) groups excluding carboxylic acids is 1. The summed E-state index contributed by atoms with van der Waals surface area (Å²) in [6.45, 7) is 4.63. The van der Waals surface area contributed by atoms with Crippen molar-refractivity contribution in [1.29, 1.82) is 0 Å². The van der Waals surface area contributed by atoms with Gasteiger partial charge in [0.15, 0.2) is 22.8 Å². The number of carboxylic acid groups (broad SMARTS) is 1. The van der Waals surface area contributed by atoms with Crippen LogP contribution in [0, 0.1) is 0 Å². The summed E-state index contributed by atoms with van der Waals surface area (Å²) in [4.78, 5) is 32.9. The molecular weight excluding hydrogens is 470 g/mol. The molecule has 1 amide bonds. The van der Waals surface area contributed by atoms with Gasteiger partial charge in [-0.1, -0.05) is 6.07 Å². The average molecular weight is 498 g/mol. The third-order valence-electron chi connectivity index (χ3n) is 5.59. The first kappa shape index (κ1) is 24.6. The van der Waals surface area contributed by atoms with Gasteiger partial charge in [-0.3, -0.25) is 9.69 Å². The fraction of sp³-hybridized carbons (Fsp3) is 0.320. The molecule has 2 aliphatic rings. The SMILES string of the molecule is COc1cc(/C=C2/SC(=Nc3ccc(N4CCOCC4)cc3)N(C)C2=O)ccc1O[C@H](C)C(=O)O. The number of ether oxygens (including phenoxy) is 3. The standard InChI is InChI=1S/C25H27N3O6S/c1-16(24(30)31)34-20-9-4-17(14-21(20)32-3)15-22-23(29)27(2)25(35-22)26-18-5-7-19(8-6-18)28-10-12-33-13-11-28/h4-9,14-16H,10-13H2,1-3H3,(H,30,31)/b22-15+,26-25?/t16-/m1/s1. The van der Waals surface area contributed by atoms with Crippen molar-refractivity contribution in [3.63, 3.8) is 0 Å². The van der Waals surface area contributed by atoms with Crippen LogP contribution >= 0.6 is 11.8 Å². The maximum Gasteiger partial charge on any atom is 0.344 e. The van der Waals surface area contributed by atoms with Crippen molar-refractivity contribution in [3.05, 3.63) is 52.9 Å². The van der Waals surface area contributed by atoms with Crippen molar-refractivity contribution < 1.29 is 28.9 Å². The van der Waals surface area contributed by atoms with Crippen molar-refractivity contribution in [1.82, 2.24) is 4.90 Å². The van der Waals surface area contributed by atoms with Crippen LogP contribution in [0.2, 0.25) is 0 Å². The number of methoxy groups -OCH3 is 1. The van der Waals surface area contributed by atoms with E-state index in [0.717, 1.165) is 43.2 Å². The van der Waals surface area contributed by atoms with E-state index in [9.17, 15) is 9.59 Å². The zero-order valence-electron chi connectivity index (χ0n) is 19.8. The largest absolute Gasteiger partial charge is 0.493 e. The monoisotopic (exact) mass is 497 g/mol. The summed E-state index contributed by atoms with van der Waals surface area (Å²) in [5.41, 5.74) is 2.61. The van der Waals surface area contributed by atoms with Crippen molar-refractivity contribution in [2.24, 2.45) is 4.99 Å². The van der Waals surface area contributed by atoms with Gasteiger partial charge in [-0.25, -0.2) is 9.79 Å². The second kappa shape index (κ2) is 10.8. The van der Waals surface area contributed by atoms with E-state index >= 15 is 0 Å². The number of rotatable bonds is 7. The first-order chi connectivity index (χ1) is 16.9. The topological polar surface area (TPSA) is 101 Å². The maximum absolute atomic E-state index is 12.8. The van der Waals surface area contributed by atoms with Crippen LogP contribution in [-0.4, -0.2) is 73.6 Å². The quantitative estimate of drug-likeness (QED) is 0.579. The van der Waals surface area contributed by atoms with Crippen LogP contribution in [0.15, 0.2) is 52.4 Å². The number of anilines is 1. The van der Waals surface area contributed by atoms with Crippen LogP contribution in [0.3, 0.4) is 0 Å². The molecule has 35 heavy (non-hydrogen) atoms. The van der Waals surface area contributed by atoms with Gasteiger partial charge >= 0.3 is 5.97 Å². The van der Waals surface area contributed by atoms with Crippen LogP contribution in [0.5, 0.6) is 11.5 Å². The first-order valence-electron chi connectivity index (χ1n) is 11.1. The molecular formula is C25H27N3O6S.